The molecule has 2 aromatic heterocycles. The molecule has 2 heterocycles. The maximum atomic E-state index is 9.30. The largest absolute Gasteiger partial charge is 0.309 e. The fourth-order valence-electron chi connectivity index (χ4n) is 6.67. The number of hydrogen-bond acceptors (Lipinski definition) is 3. The number of nitrogens with zero attached hydrogens (tertiary/aromatic N) is 4. The van der Waals surface area contributed by atoms with Crippen molar-refractivity contribution in [1.82, 2.24) is 19.5 Å². The number of rotatable bonds is 5. The average molecular weight is 650 g/mol. The van der Waals surface area contributed by atoms with Gasteiger partial charge in [-0.1, -0.05) is 145 Å². The minimum atomic E-state index is -1.43. The highest BCUT2D eigenvalue weighted by Crippen LogP contribution is 2.45. The number of aromatic nitrogens is 4. The molecule has 7 aromatic carbocycles. The zero-order valence-electron chi connectivity index (χ0n) is 37.3. The van der Waals surface area contributed by atoms with Crippen LogP contribution in [0.3, 0.4) is 0 Å². The lowest BCUT2D eigenvalue weighted by molar-refractivity contribution is 1.07. The first-order valence-electron chi connectivity index (χ1n) is 21.6. The molecule has 0 amide bonds. The molecule has 0 aliphatic heterocycles. The van der Waals surface area contributed by atoms with Crippen molar-refractivity contribution in [3.8, 4) is 62.1 Å². The predicted octanol–water partition coefficient (Wildman–Crippen LogP) is 11.2. The minimum absolute atomic E-state index is 0.00441. The van der Waals surface area contributed by atoms with Crippen LogP contribution in [0.4, 0.5) is 0 Å². The first kappa shape index (κ1) is 19.4. The van der Waals surface area contributed by atoms with Crippen molar-refractivity contribution in [3.63, 3.8) is 0 Å². The Morgan fingerprint density at radius 3 is 1.86 bits per heavy atom. The Hall–Kier alpha value is -6.65. The van der Waals surface area contributed by atoms with Crippen molar-refractivity contribution in [3.05, 3.63) is 181 Å². The standard InChI is InChI=1S/C46H30N4/c1-3-13-30(14-4-1)44-47-45(31-15-5-2-6-16-31)49-46(48-44)36-20-11-18-32(27-36)33-19-12-21-37(29-33)50-41-24-10-9-23-39(41)40-26-25-35-28-34-17-7-8-22-38(34)42(35)43(40)50/h1-27,29H,28H2/i7D,8D,9D,10D,17D,22D,23D,24D,25D,26D,28D. The van der Waals surface area contributed by atoms with E-state index in [0.29, 0.717) is 34.3 Å². The van der Waals surface area contributed by atoms with E-state index in [1.165, 1.54) is 0 Å². The second kappa shape index (κ2) is 11.5. The Bertz CT molecular complexity index is 3280. The number of benzene rings is 7. The quantitative estimate of drug-likeness (QED) is 0.186. The van der Waals surface area contributed by atoms with E-state index in [-0.39, 0.29) is 50.1 Å². The highest BCUT2D eigenvalue weighted by atomic mass is 15.0. The summed E-state index contributed by atoms with van der Waals surface area (Å²) in [6.45, 7) is 0. The van der Waals surface area contributed by atoms with E-state index >= 15 is 0 Å². The third-order valence-corrected chi connectivity index (χ3v) is 8.94. The van der Waals surface area contributed by atoms with E-state index in [1.54, 1.807) is 16.7 Å². The topological polar surface area (TPSA) is 43.6 Å². The van der Waals surface area contributed by atoms with Crippen molar-refractivity contribution in [1.29, 1.82) is 0 Å². The zero-order chi connectivity index (χ0) is 42.6. The van der Waals surface area contributed by atoms with Gasteiger partial charge in [0.05, 0.1) is 24.7 Å². The smallest absolute Gasteiger partial charge is 0.164 e. The van der Waals surface area contributed by atoms with Crippen molar-refractivity contribution in [2.45, 2.75) is 6.40 Å². The molecule has 50 heavy (non-hydrogen) atoms. The average Bonchev–Trinajstić information content (AvgIpc) is 3.82. The summed E-state index contributed by atoms with van der Waals surface area (Å²) in [7, 11) is 0. The fourth-order valence-corrected chi connectivity index (χ4v) is 6.67. The molecule has 0 radical (unpaired) electrons. The van der Waals surface area contributed by atoms with Crippen LogP contribution in [0.25, 0.3) is 83.9 Å². The van der Waals surface area contributed by atoms with Gasteiger partial charge in [0.1, 0.15) is 0 Å². The molecule has 10 rings (SSSR count). The van der Waals surface area contributed by atoms with Crippen LogP contribution < -0.4 is 0 Å². The number of fused-ring (bicyclic) bond motifs is 7. The first-order chi connectivity index (χ1) is 29.4. The van der Waals surface area contributed by atoms with Gasteiger partial charge in [-0.25, -0.2) is 15.0 Å². The number of hydrogen-bond donors (Lipinski definition) is 0. The van der Waals surface area contributed by atoms with Crippen LogP contribution in [0.15, 0.2) is 170 Å². The van der Waals surface area contributed by atoms with Crippen molar-refractivity contribution in [2.75, 3.05) is 0 Å². The Morgan fingerprint density at radius 2 is 1.10 bits per heavy atom. The molecule has 0 spiro atoms. The molecular formula is C46H30N4. The maximum Gasteiger partial charge on any atom is 0.164 e. The van der Waals surface area contributed by atoms with Crippen LogP contribution in [0.2, 0.25) is 0 Å². The van der Waals surface area contributed by atoms with Crippen LogP contribution in [0, 0.1) is 0 Å². The monoisotopic (exact) mass is 649 g/mol. The zero-order valence-corrected chi connectivity index (χ0v) is 26.3. The lowest BCUT2D eigenvalue weighted by Crippen LogP contribution is -2.00. The Labute approximate surface area is 305 Å². The summed E-state index contributed by atoms with van der Waals surface area (Å²) in [5.74, 6) is 1.46. The summed E-state index contributed by atoms with van der Waals surface area (Å²) in [6, 6.07) is 29.7. The van der Waals surface area contributed by atoms with Crippen molar-refractivity contribution in [2.24, 2.45) is 0 Å². The van der Waals surface area contributed by atoms with Gasteiger partial charge in [0.25, 0.3) is 0 Å². The van der Waals surface area contributed by atoms with E-state index < -0.39 is 60.8 Å². The van der Waals surface area contributed by atoms with Crippen molar-refractivity contribution >= 4 is 21.8 Å². The molecule has 0 saturated heterocycles. The van der Waals surface area contributed by atoms with Crippen LogP contribution in [0.5, 0.6) is 0 Å². The third-order valence-electron chi connectivity index (χ3n) is 8.94. The van der Waals surface area contributed by atoms with Gasteiger partial charge in [0, 0.05) is 40.1 Å². The molecule has 0 saturated carbocycles. The van der Waals surface area contributed by atoms with Gasteiger partial charge in [-0.05, 0) is 58.5 Å². The Morgan fingerprint density at radius 1 is 0.500 bits per heavy atom. The van der Waals surface area contributed by atoms with Crippen LogP contribution in [-0.4, -0.2) is 19.5 Å². The van der Waals surface area contributed by atoms with Gasteiger partial charge in [0.15, 0.2) is 17.5 Å². The molecule has 4 nitrogen and oxygen atoms in total. The van der Waals surface area contributed by atoms with Gasteiger partial charge in [-0.2, -0.15) is 0 Å². The van der Waals surface area contributed by atoms with Crippen LogP contribution in [-0.2, 0) is 6.40 Å². The highest BCUT2D eigenvalue weighted by Gasteiger charge is 2.25. The van der Waals surface area contributed by atoms with E-state index in [0.717, 1.165) is 16.7 Å². The molecule has 9 aromatic rings. The van der Waals surface area contributed by atoms with Gasteiger partial charge in [-0.3, -0.25) is 0 Å². The SMILES string of the molecule is [2H]c1c([2H])c([2H])c2c(c1[2H])-c1c(c([2H])c([2H])c3c4c([2H])c([2H])c([2H])c([2H])c4n(-c4cccc(-c5cccc(-c6nc(-c7ccccc7)nc(-c7ccccc7)n6)c5)c4)c13)C2[2H]. The van der Waals surface area contributed by atoms with E-state index in [1.807, 2.05) is 97.1 Å². The summed E-state index contributed by atoms with van der Waals surface area (Å²) < 4.78 is 99.5. The first-order valence-corrected chi connectivity index (χ1v) is 16.1. The summed E-state index contributed by atoms with van der Waals surface area (Å²) in [4.78, 5) is 14.6. The molecule has 1 atom stereocenters. The minimum Gasteiger partial charge on any atom is -0.309 e. The van der Waals surface area contributed by atoms with Crippen LogP contribution >= 0.6 is 0 Å². The molecule has 0 N–H and O–H groups in total. The van der Waals surface area contributed by atoms with Crippen LogP contribution in [0.1, 0.15) is 26.2 Å². The normalized spacial score (nSPS) is 16.5. The summed E-state index contributed by atoms with van der Waals surface area (Å²) >= 11 is 0. The third kappa shape index (κ3) is 4.65. The van der Waals surface area contributed by atoms with Gasteiger partial charge in [-0.15, -0.1) is 0 Å². The summed E-state index contributed by atoms with van der Waals surface area (Å²) in [6.07, 6.45) is -1.43. The van der Waals surface area contributed by atoms with Gasteiger partial charge < -0.3 is 4.57 Å². The lowest BCUT2D eigenvalue weighted by atomic mass is 10.0. The molecule has 234 valence electrons. The Kier molecular flexibility index (Phi) is 4.46. The molecule has 1 aliphatic rings. The van der Waals surface area contributed by atoms with E-state index in [2.05, 4.69) is 0 Å². The van der Waals surface area contributed by atoms with Gasteiger partial charge >= 0.3 is 0 Å². The second-order valence-corrected chi connectivity index (χ2v) is 11.9. The van der Waals surface area contributed by atoms with Crippen molar-refractivity contribution < 1.29 is 15.1 Å². The predicted molar refractivity (Wildman–Crippen MR) is 204 cm³/mol. The summed E-state index contributed by atoms with van der Waals surface area (Å²) in [5.41, 5.74) is 4.51. The Balaban J connectivity index is 1.23. The molecular weight excluding hydrogens is 609 g/mol. The highest BCUT2D eigenvalue weighted by molar-refractivity contribution is 6.15. The van der Waals surface area contributed by atoms with Gasteiger partial charge in [0.2, 0.25) is 0 Å². The second-order valence-electron chi connectivity index (χ2n) is 11.9. The molecule has 1 aliphatic carbocycles. The fraction of sp³-hybridized carbons (Fsp3) is 0.0217. The molecule has 4 heteroatoms. The lowest BCUT2D eigenvalue weighted by Gasteiger charge is -2.14. The number of para-hydroxylation sites is 1. The van der Waals surface area contributed by atoms with E-state index in [9.17, 15) is 4.11 Å². The maximum absolute atomic E-state index is 9.30. The molecule has 0 bridgehead atoms. The van der Waals surface area contributed by atoms with E-state index in [4.69, 9.17) is 25.9 Å². The summed E-state index contributed by atoms with van der Waals surface area (Å²) in [5, 5.41) is 0.00711. The molecule has 1 unspecified atom stereocenters. The molecule has 0 fully saturated rings.